The van der Waals surface area contributed by atoms with E-state index in [1.165, 1.54) is 0 Å². The first kappa shape index (κ1) is 14.4. The summed E-state index contributed by atoms with van der Waals surface area (Å²) in [6.45, 7) is 5.79. The van der Waals surface area contributed by atoms with Crippen LogP contribution in [0.5, 0.6) is 0 Å². The molecule has 1 heterocycles. The van der Waals surface area contributed by atoms with Gasteiger partial charge in [-0.05, 0) is 19.8 Å². The van der Waals surface area contributed by atoms with Crippen LogP contribution in [-0.4, -0.2) is 63.5 Å². The van der Waals surface area contributed by atoms with Crippen LogP contribution in [-0.2, 0) is 19.0 Å². The number of carbonyl (C=O) groups excluding carboxylic acids is 1. The summed E-state index contributed by atoms with van der Waals surface area (Å²) in [6, 6.07) is 0. The molecule has 5 heteroatoms. The molecule has 0 radical (unpaired) electrons. The number of methoxy groups -OCH3 is 1. The molecule has 0 N–H and O–H groups in total. The van der Waals surface area contributed by atoms with E-state index in [9.17, 15) is 4.79 Å². The highest BCUT2D eigenvalue weighted by Gasteiger charge is 2.18. The smallest absolute Gasteiger partial charge is 0.332 e. The summed E-state index contributed by atoms with van der Waals surface area (Å²) >= 11 is 0. The molecular weight excluding hydrogens is 222 g/mol. The molecule has 0 saturated carbocycles. The lowest BCUT2D eigenvalue weighted by Gasteiger charge is -2.30. The van der Waals surface area contributed by atoms with E-state index in [1.807, 2.05) is 0 Å². The van der Waals surface area contributed by atoms with Gasteiger partial charge in [-0.25, -0.2) is 4.79 Å². The second-order valence-electron chi connectivity index (χ2n) is 4.13. The first-order valence-corrected chi connectivity index (χ1v) is 6.24. The van der Waals surface area contributed by atoms with Crippen LogP contribution in [0.4, 0.5) is 0 Å². The molecule has 0 aromatic rings. The highest BCUT2D eigenvalue weighted by Crippen LogP contribution is 2.12. The van der Waals surface area contributed by atoms with Crippen LogP contribution < -0.4 is 0 Å². The second kappa shape index (κ2) is 8.44. The Morgan fingerprint density at radius 1 is 1.35 bits per heavy atom. The molecular formula is C12H23NO4. The molecule has 5 nitrogen and oxygen atoms in total. The molecule has 1 aliphatic rings. The van der Waals surface area contributed by atoms with Crippen molar-refractivity contribution in [3.8, 4) is 0 Å². The topological polar surface area (TPSA) is 48.0 Å². The second-order valence-corrected chi connectivity index (χ2v) is 4.13. The first-order valence-electron chi connectivity index (χ1n) is 6.24. The maximum Gasteiger partial charge on any atom is 0.332 e. The quantitative estimate of drug-likeness (QED) is 0.487. The van der Waals surface area contributed by atoms with Gasteiger partial charge in [-0.3, -0.25) is 0 Å². The fourth-order valence-corrected chi connectivity index (χ4v) is 1.92. The van der Waals surface area contributed by atoms with Gasteiger partial charge in [-0.2, -0.15) is 0 Å². The van der Waals surface area contributed by atoms with Crippen LogP contribution in [0, 0.1) is 0 Å². The Labute approximate surface area is 103 Å². The van der Waals surface area contributed by atoms with E-state index >= 15 is 0 Å². The molecule has 1 aliphatic heterocycles. The van der Waals surface area contributed by atoms with Crippen molar-refractivity contribution in [2.24, 2.45) is 0 Å². The lowest BCUT2D eigenvalue weighted by atomic mass is 10.1. The Balaban J connectivity index is 1.98. The van der Waals surface area contributed by atoms with Gasteiger partial charge in [-0.1, -0.05) is 0 Å². The molecule has 1 fully saturated rings. The lowest BCUT2D eigenvalue weighted by molar-refractivity contribution is -0.148. The molecule has 1 rings (SSSR count). The third kappa shape index (κ3) is 6.00. The normalized spacial score (nSPS) is 18.2. The molecule has 17 heavy (non-hydrogen) atoms. The van der Waals surface area contributed by atoms with E-state index in [4.69, 9.17) is 14.2 Å². The van der Waals surface area contributed by atoms with E-state index in [0.29, 0.717) is 19.3 Å². The Kier molecular flexibility index (Phi) is 7.16. The lowest BCUT2D eigenvalue weighted by Crippen LogP contribution is -2.38. The van der Waals surface area contributed by atoms with Crippen molar-refractivity contribution in [1.29, 1.82) is 0 Å². The Morgan fingerprint density at radius 3 is 2.65 bits per heavy atom. The zero-order valence-corrected chi connectivity index (χ0v) is 10.8. The van der Waals surface area contributed by atoms with Crippen molar-refractivity contribution < 1.29 is 19.0 Å². The minimum absolute atomic E-state index is 0.0579. The summed E-state index contributed by atoms with van der Waals surface area (Å²) in [5, 5.41) is 0. The average molecular weight is 245 g/mol. The SMILES string of the molecule is CCOC(=O)COCCN1CCC(OC)CC1. The first-order chi connectivity index (χ1) is 8.26. The predicted molar refractivity (Wildman–Crippen MR) is 63.9 cm³/mol. The van der Waals surface area contributed by atoms with Crippen molar-refractivity contribution in [1.82, 2.24) is 4.90 Å². The van der Waals surface area contributed by atoms with Gasteiger partial charge in [0.25, 0.3) is 0 Å². The summed E-state index contributed by atoms with van der Waals surface area (Å²) in [5.41, 5.74) is 0. The molecule has 100 valence electrons. The molecule has 0 spiro atoms. The molecule has 0 amide bonds. The summed E-state index contributed by atoms with van der Waals surface area (Å²) < 4.78 is 15.3. The number of piperidine rings is 1. The summed E-state index contributed by atoms with van der Waals surface area (Å²) in [5.74, 6) is -0.286. The van der Waals surface area contributed by atoms with Crippen LogP contribution in [0.2, 0.25) is 0 Å². The minimum atomic E-state index is -0.286. The van der Waals surface area contributed by atoms with E-state index < -0.39 is 0 Å². The fraction of sp³-hybridized carbons (Fsp3) is 0.917. The molecule has 1 saturated heterocycles. The summed E-state index contributed by atoms with van der Waals surface area (Å²) in [4.78, 5) is 13.3. The van der Waals surface area contributed by atoms with Gasteiger partial charge in [-0.15, -0.1) is 0 Å². The average Bonchev–Trinajstić information content (AvgIpc) is 2.36. The standard InChI is InChI=1S/C12H23NO4/c1-3-17-12(14)10-16-9-8-13-6-4-11(15-2)5-7-13/h11H,3-10H2,1-2H3. The third-order valence-electron chi connectivity index (χ3n) is 2.95. The van der Waals surface area contributed by atoms with Crippen LogP contribution in [0.3, 0.4) is 0 Å². The number of esters is 1. The summed E-state index contributed by atoms with van der Waals surface area (Å²) in [7, 11) is 1.77. The Bertz CT molecular complexity index is 215. The molecule has 0 atom stereocenters. The van der Waals surface area contributed by atoms with Crippen molar-refractivity contribution in [3.63, 3.8) is 0 Å². The zero-order chi connectivity index (χ0) is 12.5. The van der Waals surface area contributed by atoms with Crippen molar-refractivity contribution in [2.75, 3.05) is 46.6 Å². The van der Waals surface area contributed by atoms with Gasteiger partial charge in [0.15, 0.2) is 0 Å². The van der Waals surface area contributed by atoms with E-state index in [-0.39, 0.29) is 12.6 Å². The number of ether oxygens (including phenoxy) is 3. The van der Waals surface area contributed by atoms with Gasteiger partial charge >= 0.3 is 5.97 Å². The van der Waals surface area contributed by atoms with Crippen molar-refractivity contribution in [2.45, 2.75) is 25.9 Å². The monoisotopic (exact) mass is 245 g/mol. The van der Waals surface area contributed by atoms with Gasteiger partial charge in [0, 0.05) is 26.7 Å². The van der Waals surface area contributed by atoms with Gasteiger partial charge in [0.05, 0.1) is 19.3 Å². The number of carbonyl (C=O) groups is 1. The van der Waals surface area contributed by atoms with Crippen molar-refractivity contribution >= 4 is 5.97 Å². The number of nitrogens with zero attached hydrogens (tertiary/aromatic N) is 1. The van der Waals surface area contributed by atoms with Crippen LogP contribution in [0.25, 0.3) is 0 Å². The molecule has 0 bridgehead atoms. The van der Waals surface area contributed by atoms with Gasteiger partial charge in [0.1, 0.15) is 6.61 Å². The molecule has 0 aliphatic carbocycles. The zero-order valence-electron chi connectivity index (χ0n) is 10.8. The number of rotatable bonds is 7. The van der Waals surface area contributed by atoms with E-state index in [2.05, 4.69) is 4.90 Å². The Hall–Kier alpha value is -0.650. The number of hydrogen-bond donors (Lipinski definition) is 0. The largest absolute Gasteiger partial charge is 0.464 e. The molecule has 0 aromatic carbocycles. The van der Waals surface area contributed by atoms with Crippen LogP contribution in [0.1, 0.15) is 19.8 Å². The summed E-state index contributed by atoms with van der Waals surface area (Å²) in [6.07, 6.45) is 2.56. The number of likely N-dealkylation sites (tertiary alicyclic amines) is 1. The highest BCUT2D eigenvalue weighted by atomic mass is 16.6. The van der Waals surface area contributed by atoms with E-state index in [1.54, 1.807) is 14.0 Å². The van der Waals surface area contributed by atoms with Gasteiger partial charge in [0.2, 0.25) is 0 Å². The molecule has 0 aromatic heterocycles. The maximum absolute atomic E-state index is 11.0. The fourth-order valence-electron chi connectivity index (χ4n) is 1.92. The Morgan fingerprint density at radius 2 is 2.06 bits per heavy atom. The third-order valence-corrected chi connectivity index (χ3v) is 2.95. The van der Waals surface area contributed by atoms with E-state index in [0.717, 1.165) is 32.5 Å². The predicted octanol–water partition coefficient (Wildman–Crippen LogP) is 0.677. The highest BCUT2D eigenvalue weighted by molar-refractivity contribution is 5.70. The van der Waals surface area contributed by atoms with Gasteiger partial charge < -0.3 is 19.1 Å². The minimum Gasteiger partial charge on any atom is -0.464 e. The van der Waals surface area contributed by atoms with Crippen LogP contribution in [0.15, 0.2) is 0 Å². The van der Waals surface area contributed by atoms with Crippen LogP contribution >= 0.6 is 0 Å². The molecule has 0 unspecified atom stereocenters. The maximum atomic E-state index is 11.0. The van der Waals surface area contributed by atoms with Crippen molar-refractivity contribution in [3.05, 3.63) is 0 Å². The number of hydrogen-bond acceptors (Lipinski definition) is 5.